The molecule has 0 atom stereocenters. The Morgan fingerprint density at radius 3 is 1.67 bits per heavy atom. The maximum Gasteiger partial charge on any atom is 0.143 e. The minimum absolute atomic E-state index is 0.525. The fraction of sp³-hybridized carbons (Fsp3) is 0.0164. The second kappa shape index (κ2) is 14.3. The van der Waals surface area contributed by atoms with Crippen molar-refractivity contribution >= 4 is 60.9 Å². The van der Waals surface area contributed by atoms with Crippen molar-refractivity contribution in [3.8, 4) is 33.4 Å². The predicted octanol–water partition coefficient (Wildman–Crippen LogP) is 16.7. The molecule has 0 amide bonds. The van der Waals surface area contributed by atoms with Gasteiger partial charge in [0.05, 0.1) is 11.1 Å². The molecule has 0 N–H and O–H groups in total. The number of hydrogen-bond acceptors (Lipinski definition) is 3. The molecular formula is C61H39NO2. The van der Waals surface area contributed by atoms with Crippen LogP contribution in [-0.2, 0) is 5.41 Å². The molecule has 0 aliphatic heterocycles. The van der Waals surface area contributed by atoms with Gasteiger partial charge in [0.1, 0.15) is 22.3 Å². The minimum Gasteiger partial charge on any atom is -0.456 e. The highest BCUT2D eigenvalue weighted by Gasteiger charge is 2.47. The first-order chi connectivity index (χ1) is 31.7. The molecule has 10 aromatic carbocycles. The van der Waals surface area contributed by atoms with E-state index in [2.05, 4.69) is 217 Å². The summed E-state index contributed by atoms with van der Waals surface area (Å²) in [4.78, 5) is 2.44. The normalized spacial score (nSPS) is 12.8. The molecule has 0 spiro atoms. The van der Waals surface area contributed by atoms with Gasteiger partial charge in [0.2, 0.25) is 0 Å². The third-order valence-corrected chi connectivity index (χ3v) is 13.4. The topological polar surface area (TPSA) is 29.5 Å². The fourth-order valence-corrected chi connectivity index (χ4v) is 10.6. The molecule has 0 saturated heterocycles. The van der Waals surface area contributed by atoms with Crippen molar-refractivity contribution in [3.05, 3.63) is 259 Å². The molecule has 3 nitrogen and oxygen atoms in total. The van der Waals surface area contributed by atoms with Crippen molar-refractivity contribution in [1.29, 1.82) is 0 Å². The zero-order valence-electron chi connectivity index (χ0n) is 34.8. The van der Waals surface area contributed by atoms with Crippen molar-refractivity contribution in [1.82, 2.24) is 0 Å². The molecule has 0 unspecified atom stereocenters. The van der Waals surface area contributed by atoms with Crippen LogP contribution in [0.4, 0.5) is 17.1 Å². The Balaban J connectivity index is 1.000. The van der Waals surface area contributed by atoms with Crippen LogP contribution in [0.3, 0.4) is 0 Å². The maximum absolute atomic E-state index is 6.46. The van der Waals surface area contributed by atoms with Gasteiger partial charge in [-0.1, -0.05) is 182 Å². The highest BCUT2D eigenvalue weighted by atomic mass is 16.3. The summed E-state index contributed by atoms with van der Waals surface area (Å²) in [5, 5.41) is 4.45. The number of benzene rings is 10. The summed E-state index contributed by atoms with van der Waals surface area (Å²) in [7, 11) is 0. The Hall–Kier alpha value is -8.40. The van der Waals surface area contributed by atoms with Gasteiger partial charge in [0, 0.05) is 44.0 Å². The first kappa shape index (κ1) is 36.3. The van der Waals surface area contributed by atoms with Gasteiger partial charge < -0.3 is 13.7 Å². The Bertz CT molecular complexity index is 3690. The van der Waals surface area contributed by atoms with E-state index < -0.39 is 5.41 Å². The third kappa shape index (κ3) is 5.41. The molecule has 64 heavy (non-hydrogen) atoms. The van der Waals surface area contributed by atoms with Crippen molar-refractivity contribution in [2.45, 2.75) is 5.41 Å². The largest absolute Gasteiger partial charge is 0.456 e. The van der Waals surface area contributed by atoms with Crippen LogP contribution in [0.5, 0.6) is 0 Å². The standard InChI is InChI=1S/C61H39NO2/c1-3-18-43(19-4-1)61(44-20-5-2-6-21-44)53-27-10-7-24-51(53)59-54(61)28-15-29-55(59)62(46-36-37-58-52(39-46)49-23-9-11-30-56(49)63-58)45-34-32-40(33-35-45)41-16-13-17-42(38-41)47-25-14-26-50-48-22-8-12-31-57(48)64-60(47)50/h1-39H. The third-order valence-electron chi connectivity index (χ3n) is 13.4. The summed E-state index contributed by atoms with van der Waals surface area (Å²) in [6.45, 7) is 0. The summed E-state index contributed by atoms with van der Waals surface area (Å²) < 4.78 is 12.8. The molecule has 0 fully saturated rings. The van der Waals surface area contributed by atoms with E-state index in [-0.39, 0.29) is 0 Å². The van der Waals surface area contributed by atoms with E-state index in [9.17, 15) is 0 Å². The summed E-state index contributed by atoms with van der Waals surface area (Å²) in [6.07, 6.45) is 0. The van der Waals surface area contributed by atoms with Gasteiger partial charge in [0.15, 0.2) is 0 Å². The average molecular weight is 818 g/mol. The van der Waals surface area contributed by atoms with Crippen LogP contribution in [-0.4, -0.2) is 0 Å². The first-order valence-corrected chi connectivity index (χ1v) is 21.9. The van der Waals surface area contributed by atoms with Crippen LogP contribution < -0.4 is 4.90 Å². The maximum atomic E-state index is 6.46. The highest BCUT2D eigenvalue weighted by Crippen LogP contribution is 2.59. The van der Waals surface area contributed by atoms with E-state index in [1.807, 2.05) is 24.3 Å². The quantitative estimate of drug-likeness (QED) is 0.160. The van der Waals surface area contributed by atoms with Crippen LogP contribution in [0.15, 0.2) is 245 Å². The van der Waals surface area contributed by atoms with E-state index in [1.54, 1.807) is 0 Å². The number of furan rings is 2. The second-order valence-corrected chi connectivity index (χ2v) is 16.7. The molecule has 0 radical (unpaired) electrons. The molecule has 12 aromatic rings. The molecule has 0 saturated carbocycles. The summed E-state index contributed by atoms with van der Waals surface area (Å²) >= 11 is 0. The van der Waals surface area contributed by atoms with Gasteiger partial charge in [-0.05, 0) is 99.1 Å². The summed E-state index contributed by atoms with van der Waals surface area (Å²) in [6, 6.07) is 85.3. The Morgan fingerprint density at radius 2 is 0.891 bits per heavy atom. The molecule has 300 valence electrons. The van der Waals surface area contributed by atoms with Gasteiger partial charge in [-0.25, -0.2) is 0 Å². The van der Waals surface area contributed by atoms with Gasteiger partial charge in [0.25, 0.3) is 0 Å². The molecule has 2 heterocycles. The minimum atomic E-state index is -0.525. The monoisotopic (exact) mass is 817 g/mol. The molecule has 13 rings (SSSR count). The van der Waals surface area contributed by atoms with Crippen molar-refractivity contribution in [2.75, 3.05) is 4.90 Å². The molecule has 1 aliphatic carbocycles. The number of para-hydroxylation sites is 3. The Kier molecular flexibility index (Phi) is 8.13. The van der Waals surface area contributed by atoms with Gasteiger partial charge in [-0.2, -0.15) is 0 Å². The zero-order chi connectivity index (χ0) is 42.2. The lowest BCUT2D eigenvalue weighted by Gasteiger charge is -2.34. The number of anilines is 3. The van der Waals surface area contributed by atoms with Crippen LogP contribution >= 0.6 is 0 Å². The van der Waals surface area contributed by atoms with Crippen molar-refractivity contribution < 1.29 is 8.83 Å². The van der Waals surface area contributed by atoms with E-state index in [0.717, 1.165) is 83.2 Å². The van der Waals surface area contributed by atoms with Gasteiger partial charge in [-0.15, -0.1) is 0 Å². The fourth-order valence-electron chi connectivity index (χ4n) is 10.6. The van der Waals surface area contributed by atoms with Crippen molar-refractivity contribution in [3.63, 3.8) is 0 Å². The Labute approximate surface area is 370 Å². The van der Waals surface area contributed by atoms with Crippen LogP contribution in [0.2, 0.25) is 0 Å². The van der Waals surface area contributed by atoms with Crippen molar-refractivity contribution in [2.24, 2.45) is 0 Å². The average Bonchev–Trinajstić information content (AvgIpc) is 4.04. The lowest BCUT2D eigenvalue weighted by Crippen LogP contribution is -2.28. The van der Waals surface area contributed by atoms with Crippen LogP contribution in [0, 0.1) is 0 Å². The molecule has 0 bridgehead atoms. The van der Waals surface area contributed by atoms with Crippen LogP contribution in [0.25, 0.3) is 77.3 Å². The summed E-state index contributed by atoms with van der Waals surface area (Å²) in [5.74, 6) is 0. The number of hydrogen-bond donors (Lipinski definition) is 0. The van der Waals surface area contributed by atoms with E-state index in [4.69, 9.17) is 8.83 Å². The lowest BCUT2D eigenvalue weighted by molar-refractivity contribution is 0.669. The second-order valence-electron chi connectivity index (χ2n) is 16.7. The number of nitrogens with zero attached hydrogens (tertiary/aromatic N) is 1. The predicted molar refractivity (Wildman–Crippen MR) is 264 cm³/mol. The first-order valence-electron chi connectivity index (χ1n) is 21.9. The highest BCUT2D eigenvalue weighted by molar-refractivity contribution is 6.10. The Morgan fingerprint density at radius 1 is 0.328 bits per heavy atom. The molecule has 3 heteroatoms. The van der Waals surface area contributed by atoms with Gasteiger partial charge >= 0.3 is 0 Å². The zero-order valence-corrected chi connectivity index (χ0v) is 34.8. The lowest BCUT2D eigenvalue weighted by atomic mass is 9.68. The summed E-state index contributed by atoms with van der Waals surface area (Å²) in [5.41, 5.74) is 18.2. The SMILES string of the molecule is c1ccc(C2(c3ccccc3)c3ccccc3-c3c(N(c4ccc(-c5cccc(-c6cccc7c6oc6ccccc67)c5)cc4)c4ccc5oc6ccccc6c5c4)cccc32)cc1. The van der Waals surface area contributed by atoms with Gasteiger partial charge in [-0.3, -0.25) is 0 Å². The molecular weight excluding hydrogens is 779 g/mol. The van der Waals surface area contributed by atoms with E-state index in [1.165, 1.54) is 33.4 Å². The van der Waals surface area contributed by atoms with Crippen LogP contribution in [0.1, 0.15) is 22.3 Å². The van der Waals surface area contributed by atoms with E-state index >= 15 is 0 Å². The van der Waals surface area contributed by atoms with E-state index in [0.29, 0.717) is 0 Å². The molecule has 2 aromatic heterocycles. The number of rotatable bonds is 7. The smallest absolute Gasteiger partial charge is 0.143 e. The number of fused-ring (bicyclic) bond motifs is 9. The molecule has 1 aliphatic rings.